The minimum atomic E-state index is -0.232. The number of halogens is 1. The highest BCUT2D eigenvalue weighted by atomic mass is 35.5. The summed E-state index contributed by atoms with van der Waals surface area (Å²) in [5, 5.41) is 3.02. The van der Waals surface area contributed by atoms with Gasteiger partial charge in [0.05, 0.1) is 0 Å². The summed E-state index contributed by atoms with van der Waals surface area (Å²) in [4.78, 5) is 26.5. The zero-order valence-corrected chi connectivity index (χ0v) is 12.5. The molecule has 1 aliphatic heterocycles. The van der Waals surface area contributed by atoms with E-state index in [9.17, 15) is 9.59 Å². The summed E-state index contributed by atoms with van der Waals surface area (Å²) >= 11 is 0. The van der Waals surface area contributed by atoms with Gasteiger partial charge in [-0.25, -0.2) is 0 Å². The van der Waals surface area contributed by atoms with Crippen LogP contribution in [-0.2, 0) is 9.59 Å². The van der Waals surface area contributed by atoms with Gasteiger partial charge in [0.2, 0.25) is 11.8 Å². The van der Waals surface area contributed by atoms with Crippen LogP contribution in [0.4, 0.5) is 0 Å². The molecule has 3 atom stereocenters. The monoisotopic (exact) mass is 301 g/mol. The third-order valence-corrected chi connectivity index (χ3v) is 4.58. The highest BCUT2D eigenvalue weighted by Crippen LogP contribution is 2.30. The summed E-state index contributed by atoms with van der Waals surface area (Å²) in [7, 11) is 0. The van der Waals surface area contributed by atoms with Crippen LogP contribution >= 0.6 is 12.4 Å². The molecule has 3 rings (SSSR count). The summed E-state index contributed by atoms with van der Waals surface area (Å²) in [5.74, 6) is 0.251. The SMILES string of the molecule is Cl.NC1CCC(C(=O)N2CCCC2C(=O)NC2CC2)C1. The summed E-state index contributed by atoms with van der Waals surface area (Å²) in [6, 6.07) is 0.296. The molecule has 2 amide bonds. The van der Waals surface area contributed by atoms with Crippen LogP contribution in [0.3, 0.4) is 0 Å². The van der Waals surface area contributed by atoms with E-state index >= 15 is 0 Å². The molecule has 2 aliphatic carbocycles. The fourth-order valence-electron chi connectivity index (χ4n) is 3.30. The van der Waals surface area contributed by atoms with Gasteiger partial charge in [-0.15, -0.1) is 12.4 Å². The Morgan fingerprint density at radius 3 is 2.45 bits per heavy atom. The van der Waals surface area contributed by atoms with E-state index in [0.717, 1.165) is 51.5 Å². The minimum Gasteiger partial charge on any atom is -0.352 e. The first-order chi connectivity index (χ1) is 9.15. The lowest BCUT2D eigenvalue weighted by molar-refractivity contribution is -0.141. The molecule has 0 aromatic carbocycles. The number of nitrogens with zero attached hydrogens (tertiary/aromatic N) is 1. The maximum Gasteiger partial charge on any atom is 0.243 e. The Bertz CT molecular complexity index is 387. The molecule has 3 N–H and O–H groups in total. The van der Waals surface area contributed by atoms with Gasteiger partial charge in [0, 0.05) is 24.5 Å². The topological polar surface area (TPSA) is 75.4 Å². The first kappa shape index (κ1) is 15.6. The van der Waals surface area contributed by atoms with Crippen molar-refractivity contribution in [3.63, 3.8) is 0 Å². The molecular weight excluding hydrogens is 278 g/mol. The maximum atomic E-state index is 12.5. The lowest BCUT2D eigenvalue weighted by Gasteiger charge is -2.26. The molecule has 0 spiro atoms. The van der Waals surface area contributed by atoms with E-state index in [1.165, 1.54) is 0 Å². The highest BCUT2D eigenvalue weighted by molar-refractivity contribution is 5.89. The van der Waals surface area contributed by atoms with Crippen molar-refractivity contribution in [3.8, 4) is 0 Å². The van der Waals surface area contributed by atoms with Crippen molar-refractivity contribution in [2.45, 2.75) is 63.1 Å². The molecule has 0 bridgehead atoms. The summed E-state index contributed by atoms with van der Waals surface area (Å²) in [6.07, 6.45) is 6.52. The Morgan fingerprint density at radius 1 is 1.10 bits per heavy atom. The Morgan fingerprint density at radius 2 is 1.85 bits per heavy atom. The van der Waals surface area contributed by atoms with Gasteiger partial charge in [0.15, 0.2) is 0 Å². The number of carbonyl (C=O) groups is 2. The number of hydrogen-bond acceptors (Lipinski definition) is 3. The number of rotatable bonds is 3. The van der Waals surface area contributed by atoms with Crippen LogP contribution in [0.2, 0.25) is 0 Å². The third kappa shape index (κ3) is 3.26. The predicted octanol–water partition coefficient (Wildman–Crippen LogP) is 0.805. The number of amides is 2. The van der Waals surface area contributed by atoms with Crippen molar-refractivity contribution in [3.05, 3.63) is 0 Å². The summed E-state index contributed by atoms with van der Waals surface area (Å²) < 4.78 is 0. The average Bonchev–Trinajstić information content (AvgIpc) is 2.92. The van der Waals surface area contributed by atoms with Crippen molar-refractivity contribution < 1.29 is 9.59 Å². The van der Waals surface area contributed by atoms with Crippen LogP contribution in [0.25, 0.3) is 0 Å². The molecule has 3 aliphatic rings. The fraction of sp³-hybridized carbons (Fsp3) is 0.857. The lowest BCUT2D eigenvalue weighted by atomic mass is 10.1. The van der Waals surface area contributed by atoms with Gasteiger partial charge < -0.3 is 16.0 Å². The van der Waals surface area contributed by atoms with Crippen LogP contribution in [0.5, 0.6) is 0 Å². The van der Waals surface area contributed by atoms with Gasteiger partial charge in [-0.05, 0) is 44.9 Å². The number of nitrogens with one attached hydrogen (secondary N) is 1. The van der Waals surface area contributed by atoms with Gasteiger partial charge in [-0.1, -0.05) is 0 Å². The highest BCUT2D eigenvalue weighted by Gasteiger charge is 2.40. The molecule has 6 heteroatoms. The van der Waals surface area contributed by atoms with E-state index in [4.69, 9.17) is 5.73 Å². The third-order valence-electron chi connectivity index (χ3n) is 4.58. The number of hydrogen-bond donors (Lipinski definition) is 2. The minimum absolute atomic E-state index is 0. The van der Waals surface area contributed by atoms with Gasteiger partial charge in [-0.3, -0.25) is 9.59 Å². The largest absolute Gasteiger partial charge is 0.352 e. The van der Waals surface area contributed by atoms with Crippen LogP contribution in [-0.4, -0.2) is 41.4 Å². The molecule has 0 aromatic heterocycles. The Labute approximate surface area is 126 Å². The quantitative estimate of drug-likeness (QED) is 0.810. The van der Waals surface area contributed by atoms with E-state index in [0.29, 0.717) is 6.04 Å². The molecular formula is C14H24ClN3O2. The van der Waals surface area contributed by atoms with Gasteiger partial charge in [-0.2, -0.15) is 0 Å². The summed E-state index contributed by atoms with van der Waals surface area (Å²) in [6.45, 7) is 0.729. The Hall–Kier alpha value is -0.810. The number of likely N-dealkylation sites (tertiary alicyclic amines) is 1. The Balaban J connectivity index is 0.00000147. The van der Waals surface area contributed by atoms with Crippen molar-refractivity contribution in [1.82, 2.24) is 10.2 Å². The Kier molecular flexibility index (Phi) is 4.91. The van der Waals surface area contributed by atoms with Crippen LogP contribution in [0.15, 0.2) is 0 Å². The molecule has 3 unspecified atom stereocenters. The second-order valence-corrected chi connectivity index (χ2v) is 6.24. The lowest BCUT2D eigenvalue weighted by Crippen LogP contribution is -2.48. The molecule has 2 saturated carbocycles. The molecule has 20 heavy (non-hydrogen) atoms. The molecule has 0 aromatic rings. The van der Waals surface area contributed by atoms with E-state index in [-0.39, 0.29) is 42.2 Å². The van der Waals surface area contributed by atoms with Crippen molar-refractivity contribution >= 4 is 24.2 Å². The predicted molar refractivity (Wildman–Crippen MR) is 78.5 cm³/mol. The first-order valence-electron chi connectivity index (χ1n) is 7.51. The van der Waals surface area contributed by atoms with E-state index in [1.807, 2.05) is 0 Å². The average molecular weight is 302 g/mol. The van der Waals surface area contributed by atoms with Crippen LogP contribution in [0.1, 0.15) is 44.9 Å². The number of carbonyl (C=O) groups excluding carboxylic acids is 2. The van der Waals surface area contributed by atoms with Crippen molar-refractivity contribution in [2.75, 3.05) is 6.54 Å². The molecule has 1 saturated heterocycles. The molecule has 1 heterocycles. The second-order valence-electron chi connectivity index (χ2n) is 6.24. The van der Waals surface area contributed by atoms with Gasteiger partial charge in [0.1, 0.15) is 6.04 Å². The summed E-state index contributed by atoms with van der Waals surface area (Å²) in [5.41, 5.74) is 5.88. The van der Waals surface area contributed by atoms with Crippen molar-refractivity contribution in [1.29, 1.82) is 0 Å². The molecule has 114 valence electrons. The standard InChI is InChI=1S/C14H23N3O2.ClH/c15-10-4-3-9(8-10)14(19)17-7-1-2-12(17)13(18)16-11-5-6-11;/h9-12H,1-8,15H2,(H,16,18);1H. The van der Waals surface area contributed by atoms with Crippen LogP contribution < -0.4 is 11.1 Å². The van der Waals surface area contributed by atoms with Crippen molar-refractivity contribution in [2.24, 2.45) is 11.7 Å². The maximum absolute atomic E-state index is 12.5. The van der Waals surface area contributed by atoms with Gasteiger partial charge >= 0.3 is 0 Å². The number of nitrogens with two attached hydrogens (primary N) is 1. The zero-order valence-electron chi connectivity index (χ0n) is 11.7. The molecule has 0 radical (unpaired) electrons. The smallest absolute Gasteiger partial charge is 0.243 e. The molecule has 3 fully saturated rings. The molecule has 5 nitrogen and oxygen atoms in total. The zero-order chi connectivity index (χ0) is 13.4. The van der Waals surface area contributed by atoms with Gasteiger partial charge in [0.25, 0.3) is 0 Å². The second kappa shape index (κ2) is 6.31. The van der Waals surface area contributed by atoms with E-state index in [1.54, 1.807) is 4.90 Å². The van der Waals surface area contributed by atoms with Crippen LogP contribution in [0, 0.1) is 5.92 Å². The fourth-order valence-corrected chi connectivity index (χ4v) is 3.30. The normalized spacial score (nSPS) is 32.9. The van der Waals surface area contributed by atoms with E-state index < -0.39 is 0 Å². The van der Waals surface area contributed by atoms with E-state index in [2.05, 4.69) is 5.32 Å². The first-order valence-corrected chi connectivity index (χ1v) is 7.51.